The number of halogens is 1. The zero-order valence-corrected chi connectivity index (χ0v) is 13.6. The highest BCUT2D eigenvalue weighted by atomic mass is 19.1. The standard InChI is InChI=1S/C17H18FN5O2/c18-13-4-2-12(3-5-13)17(24-8-9-25-17)6-1-7-23-11-22-14-15(19)20-10-21-16(14)23/h2-5,10-11H,1,6-9H2,(H2,19,20,21). The van der Waals surface area contributed by atoms with Gasteiger partial charge < -0.3 is 19.8 Å². The molecule has 2 aromatic heterocycles. The molecule has 0 saturated carbocycles. The maximum absolute atomic E-state index is 13.2. The number of aryl methyl sites for hydroxylation is 1. The first kappa shape index (κ1) is 15.9. The summed E-state index contributed by atoms with van der Waals surface area (Å²) in [4.78, 5) is 12.4. The topological polar surface area (TPSA) is 88.1 Å². The number of nitrogens with zero attached hydrogens (tertiary/aromatic N) is 4. The van der Waals surface area contributed by atoms with E-state index in [1.54, 1.807) is 18.5 Å². The first-order chi connectivity index (χ1) is 12.2. The Morgan fingerprint density at radius 1 is 1.12 bits per heavy atom. The Labute approximate surface area is 143 Å². The Morgan fingerprint density at radius 3 is 2.64 bits per heavy atom. The number of imidazole rings is 1. The molecular weight excluding hydrogens is 325 g/mol. The molecule has 1 aliphatic rings. The first-order valence-electron chi connectivity index (χ1n) is 8.13. The molecule has 0 bridgehead atoms. The molecule has 25 heavy (non-hydrogen) atoms. The number of anilines is 1. The number of fused-ring (bicyclic) bond motifs is 1. The average Bonchev–Trinajstić information content (AvgIpc) is 3.25. The lowest BCUT2D eigenvalue weighted by Gasteiger charge is -2.28. The molecule has 3 aromatic rings. The minimum Gasteiger partial charge on any atom is -0.382 e. The fourth-order valence-electron chi connectivity index (χ4n) is 3.16. The van der Waals surface area contributed by atoms with Gasteiger partial charge in [-0.1, -0.05) is 12.1 Å². The van der Waals surface area contributed by atoms with E-state index in [2.05, 4.69) is 15.0 Å². The Balaban J connectivity index is 1.50. The van der Waals surface area contributed by atoms with E-state index in [1.165, 1.54) is 18.5 Å². The van der Waals surface area contributed by atoms with Gasteiger partial charge >= 0.3 is 0 Å². The summed E-state index contributed by atoms with van der Waals surface area (Å²) in [5, 5.41) is 0. The third-order valence-electron chi connectivity index (χ3n) is 4.37. The molecule has 0 amide bonds. The van der Waals surface area contributed by atoms with Crippen LogP contribution in [0.5, 0.6) is 0 Å². The molecule has 2 N–H and O–H groups in total. The lowest BCUT2D eigenvalue weighted by molar-refractivity contribution is -0.172. The van der Waals surface area contributed by atoms with Crippen molar-refractivity contribution in [3.63, 3.8) is 0 Å². The molecule has 0 radical (unpaired) electrons. The smallest absolute Gasteiger partial charge is 0.195 e. The molecule has 0 atom stereocenters. The van der Waals surface area contributed by atoms with Crippen LogP contribution in [0.2, 0.25) is 0 Å². The van der Waals surface area contributed by atoms with Crippen molar-refractivity contribution in [3.8, 4) is 0 Å². The molecule has 1 fully saturated rings. The van der Waals surface area contributed by atoms with Gasteiger partial charge in [-0.25, -0.2) is 19.3 Å². The summed E-state index contributed by atoms with van der Waals surface area (Å²) in [5.74, 6) is -0.731. The van der Waals surface area contributed by atoms with Crippen LogP contribution in [0.15, 0.2) is 36.9 Å². The second-order valence-electron chi connectivity index (χ2n) is 5.93. The molecule has 130 valence electrons. The summed E-state index contributed by atoms with van der Waals surface area (Å²) in [7, 11) is 0. The highest BCUT2D eigenvalue weighted by molar-refractivity contribution is 5.80. The van der Waals surface area contributed by atoms with E-state index >= 15 is 0 Å². The number of aromatic nitrogens is 4. The van der Waals surface area contributed by atoms with Gasteiger partial charge in [-0.15, -0.1) is 0 Å². The van der Waals surface area contributed by atoms with Crippen LogP contribution in [0, 0.1) is 5.82 Å². The van der Waals surface area contributed by atoms with Gasteiger partial charge in [-0.05, 0) is 18.6 Å². The summed E-state index contributed by atoms with van der Waals surface area (Å²) in [6.45, 7) is 1.73. The number of nitrogens with two attached hydrogens (primary N) is 1. The van der Waals surface area contributed by atoms with Crippen molar-refractivity contribution in [2.45, 2.75) is 25.2 Å². The predicted octanol–water partition coefficient (Wildman–Crippen LogP) is 2.23. The minimum atomic E-state index is -0.821. The van der Waals surface area contributed by atoms with Gasteiger partial charge in [0.05, 0.1) is 19.5 Å². The van der Waals surface area contributed by atoms with Crippen molar-refractivity contribution in [2.24, 2.45) is 0 Å². The largest absolute Gasteiger partial charge is 0.382 e. The molecule has 3 heterocycles. The van der Waals surface area contributed by atoms with Crippen LogP contribution in [0.3, 0.4) is 0 Å². The Bertz CT molecular complexity index is 874. The zero-order chi connectivity index (χ0) is 17.3. The molecule has 0 unspecified atom stereocenters. The van der Waals surface area contributed by atoms with Gasteiger partial charge in [0.15, 0.2) is 17.3 Å². The fraction of sp³-hybridized carbons (Fsp3) is 0.353. The van der Waals surface area contributed by atoms with Crippen molar-refractivity contribution < 1.29 is 13.9 Å². The van der Waals surface area contributed by atoms with Crippen LogP contribution in [0.25, 0.3) is 11.2 Å². The van der Waals surface area contributed by atoms with Crippen molar-refractivity contribution in [3.05, 3.63) is 48.3 Å². The maximum atomic E-state index is 13.2. The van der Waals surface area contributed by atoms with Crippen LogP contribution in [-0.2, 0) is 21.8 Å². The van der Waals surface area contributed by atoms with Crippen molar-refractivity contribution in [1.82, 2.24) is 19.5 Å². The van der Waals surface area contributed by atoms with Gasteiger partial charge in [0, 0.05) is 18.5 Å². The predicted molar refractivity (Wildman–Crippen MR) is 89.0 cm³/mol. The monoisotopic (exact) mass is 343 g/mol. The van der Waals surface area contributed by atoms with E-state index in [1.807, 2.05) is 4.57 Å². The van der Waals surface area contributed by atoms with Crippen molar-refractivity contribution >= 4 is 17.0 Å². The van der Waals surface area contributed by atoms with Gasteiger partial charge in [0.1, 0.15) is 17.7 Å². The number of hydrogen-bond acceptors (Lipinski definition) is 6. The van der Waals surface area contributed by atoms with Gasteiger partial charge in [-0.3, -0.25) is 0 Å². The Kier molecular flexibility index (Phi) is 4.06. The molecule has 1 aromatic carbocycles. The molecular formula is C17H18FN5O2. The van der Waals surface area contributed by atoms with Crippen LogP contribution in [-0.4, -0.2) is 32.7 Å². The van der Waals surface area contributed by atoms with E-state index in [4.69, 9.17) is 15.2 Å². The molecule has 0 spiro atoms. The van der Waals surface area contributed by atoms with E-state index in [0.717, 1.165) is 12.0 Å². The van der Waals surface area contributed by atoms with Crippen LogP contribution >= 0.6 is 0 Å². The molecule has 7 nitrogen and oxygen atoms in total. The summed E-state index contributed by atoms with van der Waals surface area (Å²) < 4.78 is 26.9. The number of benzene rings is 1. The lowest BCUT2D eigenvalue weighted by Crippen LogP contribution is -2.27. The molecule has 0 aliphatic carbocycles. The second kappa shape index (κ2) is 6.38. The number of hydrogen-bond donors (Lipinski definition) is 1. The summed E-state index contributed by atoms with van der Waals surface area (Å²) in [5.41, 5.74) is 7.94. The maximum Gasteiger partial charge on any atom is 0.195 e. The molecule has 4 rings (SSSR count). The third-order valence-corrected chi connectivity index (χ3v) is 4.37. The van der Waals surface area contributed by atoms with Crippen LogP contribution in [0.4, 0.5) is 10.2 Å². The highest BCUT2D eigenvalue weighted by Crippen LogP contribution is 2.36. The minimum absolute atomic E-state index is 0.279. The summed E-state index contributed by atoms with van der Waals surface area (Å²) >= 11 is 0. The summed E-state index contributed by atoms with van der Waals surface area (Å²) in [6.07, 6.45) is 4.54. The van der Waals surface area contributed by atoms with Crippen molar-refractivity contribution in [1.29, 1.82) is 0 Å². The van der Waals surface area contributed by atoms with E-state index in [0.29, 0.717) is 43.2 Å². The SMILES string of the molecule is Nc1ncnc2c1ncn2CCCC1(c2ccc(F)cc2)OCCO1. The van der Waals surface area contributed by atoms with Crippen molar-refractivity contribution in [2.75, 3.05) is 18.9 Å². The van der Waals surface area contributed by atoms with Crippen LogP contribution in [0.1, 0.15) is 18.4 Å². The van der Waals surface area contributed by atoms with Crippen LogP contribution < -0.4 is 5.73 Å². The van der Waals surface area contributed by atoms with Gasteiger partial charge in [-0.2, -0.15) is 0 Å². The average molecular weight is 343 g/mol. The molecule has 1 aliphatic heterocycles. The third kappa shape index (κ3) is 2.94. The Morgan fingerprint density at radius 2 is 1.88 bits per heavy atom. The summed E-state index contributed by atoms with van der Waals surface area (Å²) in [6, 6.07) is 6.26. The highest BCUT2D eigenvalue weighted by Gasteiger charge is 2.38. The van der Waals surface area contributed by atoms with Gasteiger partial charge in [0.2, 0.25) is 0 Å². The normalized spacial score (nSPS) is 16.5. The zero-order valence-electron chi connectivity index (χ0n) is 13.6. The second-order valence-corrected chi connectivity index (χ2v) is 5.93. The Hall–Kier alpha value is -2.58. The lowest BCUT2D eigenvalue weighted by atomic mass is 10.0. The number of ether oxygens (including phenoxy) is 2. The van der Waals surface area contributed by atoms with E-state index < -0.39 is 5.79 Å². The number of nitrogen functional groups attached to an aromatic ring is 1. The van der Waals surface area contributed by atoms with E-state index in [9.17, 15) is 4.39 Å². The van der Waals surface area contributed by atoms with E-state index in [-0.39, 0.29) is 5.82 Å². The number of rotatable bonds is 5. The van der Waals surface area contributed by atoms with Gasteiger partial charge in [0.25, 0.3) is 0 Å². The quantitative estimate of drug-likeness (QED) is 0.764. The molecule has 8 heteroatoms. The molecule has 1 saturated heterocycles. The fourth-order valence-corrected chi connectivity index (χ4v) is 3.16. The first-order valence-corrected chi connectivity index (χ1v) is 8.13.